The van der Waals surface area contributed by atoms with E-state index in [2.05, 4.69) is 17.1 Å². The van der Waals surface area contributed by atoms with Crippen LogP contribution in [0.15, 0.2) is 12.1 Å². The highest BCUT2D eigenvalue weighted by molar-refractivity contribution is 5.99. The second kappa shape index (κ2) is 8.17. The molecule has 7 heteroatoms. The summed E-state index contributed by atoms with van der Waals surface area (Å²) in [7, 11) is 0. The van der Waals surface area contributed by atoms with Gasteiger partial charge in [-0.1, -0.05) is 6.92 Å². The quantitative estimate of drug-likeness (QED) is 0.613. The summed E-state index contributed by atoms with van der Waals surface area (Å²) in [6.45, 7) is 5.34. The fourth-order valence-electron chi connectivity index (χ4n) is 2.83. The van der Waals surface area contributed by atoms with Crippen molar-refractivity contribution in [2.75, 3.05) is 42.2 Å². The summed E-state index contributed by atoms with van der Waals surface area (Å²) in [5.74, 6) is 0.190. The number of hydrogen-bond acceptors (Lipinski definition) is 5. The number of esters is 1. The standard InChI is InChI=1S/C17H25F2N3O2/c1-3-24-17(23)12-8-13(20)14(21-10-16(18)19)9-15(12)22-6-4-11(2)5-7-22/h8-9,11,16,21H,3-7,10,20H2,1-2H3. The molecule has 0 amide bonds. The van der Waals surface area contributed by atoms with Gasteiger partial charge in [-0.2, -0.15) is 0 Å². The summed E-state index contributed by atoms with van der Waals surface area (Å²) in [6, 6.07) is 3.19. The van der Waals surface area contributed by atoms with Gasteiger partial charge in [-0.15, -0.1) is 0 Å². The Labute approximate surface area is 141 Å². The van der Waals surface area contributed by atoms with Gasteiger partial charge < -0.3 is 20.7 Å². The van der Waals surface area contributed by atoms with Gasteiger partial charge in [-0.3, -0.25) is 0 Å². The molecular weight excluding hydrogens is 316 g/mol. The maximum Gasteiger partial charge on any atom is 0.340 e. The van der Waals surface area contributed by atoms with E-state index in [9.17, 15) is 13.6 Å². The minimum atomic E-state index is -2.48. The molecule has 1 heterocycles. The lowest BCUT2D eigenvalue weighted by Gasteiger charge is -2.33. The average Bonchev–Trinajstić information content (AvgIpc) is 2.54. The topological polar surface area (TPSA) is 67.6 Å². The molecule has 2 rings (SSSR count). The average molecular weight is 341 g/mol. The van der Waals surface area contributed by atoms with Crippen LogP contribution < -0.4 is 16.0 Å². The minimum Gasteiger partial charge on any atom is -0.462 e. The van der Waals surface area contributed by atoms with E-state index >= 15 is 0 Å². The van der Waals surface area contributed by atoms with E-state index in [1.165, 1.54) is 6.07 Å². The maximum atomic E-state index is 12.5. The van der Waals surface area contributed by atoms with Crippen molar-refractivity contribution in [3.8, 4) is 0 Å². The van der Waals surface area contributed by atoms with Gasteiger partial charge in [0.05, 0.1) is 35.8 Å². The third kappa shape index (κ3) is 4.49. The largest absolute Gasteiger partial charge is 0.462 e. The van der Waals surface area contributed by atoms with E-state index in [0.717, 1.165) is 25.9 Å². The second-order valence-electron chi connectivity index (χ2n) is 6.12. The molecule has 0 saturated carbocycles. The summed E-state index contributed by atoms with van der Waals surface area (Å²) < 4.78 is 30.1. The Morgan fingerprint density at radius 1 is 1.42 bits per heavy atom. The number of nitrogens with zero attached hydrogens (tertiary/aromatic N) is 1. The monoisotopic (exact) mass is 341 g/mol. The van der Waals surface area contributed by atoms with Gasteiger partial charge in [0.25, 0.3) is 6.43 Å². The van der Waals surface area contributed by atoms with Crippen molar-refractivity contribution in [3.63, 3.8) is 0 Å². The second-order valence-corrected chi connectivity index (χ2v) is 6.12. The first-order chi connectivity index (χ1) is 11.4. The molecule has 0 radical (unpaired) electrons. The van der Waals surface area contributed by atoms with E-state index in [4.69, 9.17) is 10.5 Å². The lowest BCUT2D eigenvalue weighted by molar-refractivity contribution is 0.0527. The minimum absolute atomic E-state index is 0.257. The lowest BCUT2D eigenvalue weighted by Crippen LogP contribution is -2.34. The number of nitrogens with one attached hydrogen (secondary N) is 1. The molecule has 24 heavy (non-hydrogen) atoms. The number of nitrogens with two attached hydrogens (primary N) is 1. The first kappa shape index (κ1) is 18.3. The Kier molecular flexibility index (Phi) is 6.23. The number of rotatable bonds is 6. The van der Waals surface area contributed by atoms with Crippen LogP contribution in [0.2, 0.25) is 0 Å². The van der Waals surface area contributed by atoms with E-state index in [0.29, 0.717) is 22.9 Å². The SMILES string of the molecule is CCOC(=O)c1cc(N)c(NCC(F)F)cc1N1CCC(C)CC1. The van der Waals surface area contributed by atoms with Crippen LogP contribution in [0.4, 0.5) is 25.8 Å². The Bertz CT molecular complexity index is 573. The van der Waals surface area contributed by atoms with Crippen LogP contribution in [0.3, 0.4) is 0 Å². The van der Waals surface area contributed by atoms with Crippen LogP contribution in [-0.4, -0.2) is 38.6 Å². The van der Waals surface area contributed by atoms with Crippen molar-refractivity contribution in [2.45, 2.75) is 33.1 Å². The molecule has 1 fully saturated rings. The molecule has 0 aromatic heterocycles. The summed E-state index contributed by atoms with van der Waals surface area (Å²) in [5.41, 5.74) is 7.67. The van der Waals surface area contributed by atoms with Gasteiger partial charge in [0.15, 0.2) is 0 Å². The maximum absolute atomic E-state index is 12.5. The molecule has 1 aromatic carbocycles. The van der Waals surface area contributed by atoms with Crippen molar-refractivity contribution < 1.29 is 18.3 Å². The molecule has 1 aliphatic heterocycles. The predicted octanol–water partition coefficient (Wildman–Crippen LogP) is 3.36. The van der Waals surface area contributed by atoms with Crippen LogP contribution in [0.25, 0.3) is 0 Å². The molecule has 1 saturated heterocycles. The molecular formula is C17H25F2N3O2. The Morgan fingerprint density at radius 2 is 2.08 bits per heavy atom. The molecule has 134 valence electrons. The molecule has 0 atom stereocenters. The van der Waals surface area contributed by atoms with Crippen LogP contribution in [-0.2, 0) is 4.74 Å². The fraction of sp³-hybridized carbons (Fsp3) is 0.588. The van der Waals surface area contributed by atoms with E-state index < -0.39 is 18.9 Å². The lowest BCUT2D eigenvalue weighted by atomic mass is 9.97. The molecule has 0 unspecified atom stereocenters. The predicted molar refractivity (Wildman–Crippen MR) is 91.9 cm³/mol. The zero-order valence-corrected chi connectivity index (χ0v) is 14.1. The number of carbonyl (C=O) groups excluding carboxylic acids is 1. The molecule has 1 aliphatic rings. The van der Waals surface area contributed by atoms with Crippen molar-refractivity contribution in [1.82, 2.24) is 0 Å². The molecule has 0 spiro atoms. The van der Waals surface area contributed by atoms with E-state index in [1.807, 2.05) is 0 Å². The van der Waals surface area contributed by atoms with Gasteiger partial charge in [-0.05, 0) is 37.8 Å². The summed E-state index contributed by atoms with van der Waals surface area (Å²) in [6.07, 6.45) is -0.438. The van der Waals surface area contributed by atoms with Crippen LogP contribution in [0.1, 0.15) is 37.0 Å². The summed E-state index contributed by atoms with van der Waals surface area (Å²) in [4.78, 5) is 14.4. The zero-order chi connectivity index (χ0) is 17.7. The summed E-state index contributed by atoms with van der Waals surface area (Å²) >= 11 is 0. The number of benzene rings is 1. The highest BCUT2D eigenvalue weighted by atomic mass is 19.3. The molecule has 3 N–H and O–H groups in total. The van der Waals surface area contributed by atoms with Gasteiger partial charge in [0, 0.05) is 13.1 Å². The van der Waals surface area contributed by atoms with Gasteiger partial charge >= 0.3 is 5.97 Å². The van der Waals surface area contributed by atoms with Crippen molar-refractivity contribution >= 4 is 23.0 Å². The number of hydrogen-bond donors (Lipinski definition) is 2. The number of carbonyl (C=O) groups is 1. The number of ether oxygens (including phenoxy) is 1. The Morgan fingerprint density at radius 3 is 2.67 bits per heavy atom. The van der Waals surface area contributed by atoms with Crippen molar-refractivity contribution in [1.29, 1.82) is 0 Å². The Balaban J connectivity index is 2.34. The first-order valence-corrected chi connectivity index (χ1v) is 8.30. The molecule has 0 aliphatic carbocycles. The number of halogens is 2. The number of alkyl halides is 2. The van der Waals surface area contributed by atoms with Crippen LogP contribution in [0.5, 0.6) is 0 Å². The number of anilines is 3. The number of piperidine rings is 1. The molecule has 1 aromatic rings. The third-order valence-electron chi connectivity index (χ3n) is 4.23. The van der Waals surface area contributed by atoms with E-state index in [-0.39, 0.29) is 12.3 Å². The Hall–Kier alpha value is -2.05. The third-order valence-corrected chi connectivity index (χ3v) is 4.23. The molecule has 5 nitrogen and oxygen atoms in total. The normalized spacial score (nSPS) is 15.6. The van der Waals surface area contributed by atoms with E-state index in [1.54, 1.807) is 13.0 Å². The van der Waals surface area contributed by atoms with Gasteiger partial charge in [-0.25, -0.2) is 13.6 Å². The highest BCUT2D eigenvalue weighted by Gasteiger charge is 2.23. The smallest absolute Gasteiger partial charge is 0.340 e. The fourth-order valence-corrected chi connectivity index (χ4v) is 2.83. The molecule has 0 bridgehead atoms. The van der Waals surface area contributed by atoms with Crippen LogP contribution >= 0.6 is 0 Å². The first-order valence-electron chi connectivity index (χ1n) is 8.30. The summed E-state index contributed by atoms with van der Waals surface area (Å²) in [5, 5.41) is 2.65. The number of nitrogen functional groups attached to an aromatic ring is 1. The van der Waals surface area contributed by atoms with Gasteiger partial charge in [0.2, 0.25) is 0 Å². The van der Waals surface area contributed by atoms with Crippen molar-refractivity contribution in [2.24, 2.45) is 5.92 Å². The van der Waals surface area contributed by atoms with Crippen LogP contribution in [0, 0.1) is 5.92 Å². The van der Waals surface area contributed by atoms with Crippen molar-refractivity contribution in [3.05, 3.63) is 17.7 Å². The highest BCUT2D eigenvalue weighted by Crippen LogP contribution is 2.33. The van der Waals surface area contributed by atoms with Gasteiger partial charge in [0.1, 0.15) is 0 Å². The zero-order valence-electron chi connectivity index (χ0n) is 14.1.